The first-order chi connectivity index (χ1) is 8.81. The number of halogens is 1. The molecule has 0 aliphatic rings. The first-order valence-corrected chi connectivity index (χ1v) is 6.43. The molecule has 4 heteroatoms. The lowest BCUT2D eigenvalue weighted by molar-refractivity contribution is 0.675. The van der Waals surface area contributed by atoms with Crippen molar-refractivity contribution in [2.24, 2.45) is 0 Å². The van der Waals surface area contributed by atoms with Gasteiger partial charge in [-0.2, -0.15) is 0 Å². The van der Waals surface area contributed by atoms with Crippen LogP contribution < -0.4 is 5.32 Å². The maximum absolute atomic E-state index is 6.29. The summed E-state index contributed by atoms with van der Waals surface area (Å²) >= 11 is 6.29. The third kappa shape index (κ3) is 3.28. The number of rotatable bonds is 5. The van der Waals surface area contributed by atoms with Crippen LogP contribution in [-0.4, -0.2) is 16.5 Å². The maximum Gasteiger partial charge on any atom is 0.115 e. The van der Waals surface area contributed by atoms with E-state index in [9.17, 15) is 0 Å². The smallest absolute Gasteiger partial charge is 0.115 e. The molecular weight excluding hydrogens is 246 g/mol. The molecule has 1 heterocycles. The third-order valence-electron chi connectivity index (χ3n) is 2.66. The Labute approximate surface area is 112 Å². The van der Waals surface area contributed by atoms with Crippen LogP contribution in [0.15, 0.2) is 36.9 Å². The van der Waals surface area contributed by atoms with Gasteiger partial charge in [0.15, 0.2) is 0 Å². The number of benzene rings is 1. The van der Waals surface area contributed by atoms with Crippen LogP contribution in [0.2, 0.25) is 5.02 Å². The first kappa shape index (κ1) is 13.0. The Morgan fingerprint density at radius 3 is 2.67 bits per heavy atom. The monoisotopic (exact) mass is 261 g/mol. The second-order valence-corrected chi connectivity index (χ2v) is 4.53. The Balaban J connectivity index is 2.15. The Bertz CT molecular complexity index is 500. The molecule has 2 rings (SSSR count). The molecule has 1 aromatic heterocycles. The van der Waals surface area contributed by atoms with Crippen molar-refractivity contribution in [3.05, 3.63) is 47.5 Å². The van der Waals surface area contributed by atoms with Crippen LogP contribution in [0.3, 0.4) is 0 Å². The summed E-state index contributed by atoms with van der Waals surface area (Å²) < 4.78 is 0. The van der Waals surface area contributed by atoms with E-state index in [0.717, 1.165) is 35.7 Å². The molecule has 0 aliphatic heterocycles. The van der Waals surface area contributed by atoms with Gasteiger partial charge in [0, 0.05) is 35.1 Å². The molecule has 1 aromatic carbocycles. The summed E-state index contributed by atoms with van der Waals surface area (Å²) in [6.07, 6.45) is 6.18. The average molecular weight is 262 g/mol. The van der Waals surface area contributed by atoms with Crippen molar-refractivity contribution in [3.8, 4) is 11.1 Å². The van der Waals surface area contributed by atoms with Crippen LogP contribution in [0.1, 0.15) is 18.9 Å². The molecule has 0 radical (unpaired) electrons. The minimum absolute atomic E-state index is 0.737. The topological polar surface area (TPSA) is 37.8 Å². The molecule has 0 saturated carbocycles. The lowest BCUT2D eigenvalue weighted by atomic mass is 10.1. The van der Waals surface area contributed by atoms with E-state index in [-0.39, 0.29) is 0 Å². The Morgan fingerprint density at radius 2 is 2.00 bits per heavy atom. The highest BCUT2D eigenvalue weighted by Gasteiger charge is 2.04. The average Bonchev–Trinajstić information content (AvgIpc) is 2.40. The molecule has 0 atom stereocenters. The summed E-state index contributed by atoms with van der Waals surface area (Å²) in [4.78, 5) is 8.01. The molecule has 1 N–H and O–H groups in total. The summed E-state index contributed by atoms with van der Waals surface area (Å²) in [5.74, 6) is 0. The van der Waals surface area contributed by atoms with E-state index in [1.165, 1.54) is 11.9 Å². The molecule has 0 spiro atoms. The third-order valence-corrected chi connectivity index (χ3v) is 2.97. The minimum atomic E-state index is 0.737. The number of hydrogen-bond acceptors (Lipinski definition) is 3. The van der Waals surface area contributed by atoms with Gasteiger partial charge < -0.3 is 5.32 Å². The number of nitrogens with one attached hydrogen (secondary N) is 1. The molecule has 0 fully saturated rings. The Hall–Kier alpha value is -1.45. The second-order valence-electron chi connectivity index (χ2n) is 4.12. The fourth-order valence-corrected chi connectivity index (χ4v) is 2.06. The second kappa shape index (κ2) is 6.47. The summed E-state index contributed by atoms with van der Waals surface area (Å²) in [6, 6.07) is 6.09. The number of hydrogen-bond donors (Lipinski definition) is 1. The number of nitrogens with zero attached hydrogens (tertiary/aromatic N) is 2. The molecule has 0 bridgehead atoms. The van der Waals surface area contributed by atoms with Gasteiger partial charge in [-0.15, -0.1) is 0 Å². The molecule has 2 aromatic rings. The largest absolute Gasteiger partial charge is 0.313 e. The summed E-state index contributed by atoms with van der Waals surface area (Å²) in [5, 5.41) is 4.09. The van der Waals surface area contributed by atoms with E-state index in [1.807, 2.05) is 12.1 Å². The van der Waals surface area contributed by atoms with Crippen molar-refractivity contribution >= 4 is 11.6 Å². The van der Waals surface area contributed by atoms with E-state index >= 15 is 0 Å². The minimum Gasteiger partial charge on any atom is -0.313 e. The van der Waals surface area contributed by atoms with Crippen molar-refractivity contribution in [2.45, 2.75) is 19.9 Å². The van der Waals surface area contributed by atoms with Gasteiger partial charge in [-0.3, -0.25) is 0 Å². The SMILES string of the molecule is CCCNCc1ccc(-c2cncnc2)c(Cl)c1. The predicted octanol–water partition coefficient (Wildman–Crippen LogP) is 3.30. The highest BCUT2D eigenvalue weighted by Crippen LogP contribution is 2.27. The van der Waals surface area contributed by atoms with Gasteiger partial charge in [0.05, 0.1) is 0 Å². The van der Waals surface area contributed by atoms with Crippen molar-refractivity contribution in [3.63, 3.8) is 0 Å². The van der Waals surface area contributed by atoms with Gasteiger partial charge >= 0.3 is 0 Å². The van der Waals surface area contributed by atoms with Crippen LogP contribution >= 0.6 is 11.6 Å². The van der Waals surface area contributed by atoms with Gasteiger partial charge in [-0.25, -0.2) is 9.97 Å². The van der Waals surface area contributed by atoms with Crippen LogP contribution in [0.5, 0.6) is 0 Å². The van der Waals surface area contributed by atoms with Gasteiger partial charge in [-0.05, 0) is 24.6 Å². The zero-order valence-corrected chi connectivity index (χ0v) is 11.1. The van der Waals surface area contributed by atoms with Crippen molar-refractivity contribution in [1.29, 1.82) is 0 Å². The fraction of sp³-hybridized carbons (Fsp3) is 0.286. The van der Waals surface area contributed by atoms with Gasteiger partial charge in [0.25, 0.3) is 0 Å². The van der Waals surface area contributed by atoms with Crippen LogP contribution in [0, 0.1) is 0 Å². The van der Waals surface area contributed by atoms with Gasteiger partial charge in [0.2, 0.25) is 0 Å². The van der Waals surface area contributed by atoms with Crippen molar-refractivity contribution < 1.29 is 0 Å². The van der Waals surface area contributed by atoms with E-state index in [4.69, 9.17) is 11.6 Å². The van der Waals surface area contributed by atoms with Gasteiger partial charge in [-0.1, -0.05) is 30.7 Å². The summed E-state index contributed by atoms with van der Waals surface area (Å²) in [7, 11) is 0. The highest BCUT2D eigenvalue weighted by molar-refractivity contribution is 6.33. The molecule has 0 aliphatic carbocycles. The molecule has 0 amide bonds. The molecule has 0 unspecified atom stereocenters. The van der Waals surface area contributed by atoms with Crippen LogP contribution in [-0.2, 0) is 6.54 Å². The Morgan fingerprint density at radius 1 is 1.22 bits per heavy atom. The quantitative estimate of drug-likeness (QED) is 0.840. The molecule has 3 nitrogen and oxygen atoms in total. The molecule has 0 saturated heterocycles. The van der Waals surface area contributed by atoms with E-state index in [1.54, 1.807) is 12.4 Å². The lowest BCUT2D eigenvalue weighted by Gasteiger charge is -2.07. The van der Waals surface area contributed by atoms with E-state index in [2.05, 4.69) is 28.3 Å². The number of aromatic nitrogens is 2. The van der Waals surface area contributed by atoms with Gasteiger partial charge in [0.1, 0.15) is 6.33 Å². The van der Waals surface area contributed by atoms with Crippen LogP contribution in [0.4, 0.5) is 0 Å². The van der Waals surface area contributed by atoms with Crippen molar-refractivity contribution in [1.82, 2.24) is 15.3 Å². The zero-order chi connectivity index (χ0) is 12.8. The Kier molecular flexibility index (Phi) is 4.67. The normalized spacial score (nSPS) is 10.6. The molecule has 18 heavy (non-hydrogen) atoms. The highest BCUT2D eigenvalue weighted by atomic mass is 35.5. The maximum atomic E-state index is 6.29. The lowest BCUT2D eigenvalue weighted by Crippen LogP contribution is -2.13. The van der Waals surface area contributed by atoms with Crippen LogP contribution in [0.25, 0.3) is 11.1 Å². The van der Waals surface area contributed by atoms with Crippen molar-refractivity contribution in [2.75, 3.05) is 6.54 Å². The van der Waals surface area contributed by atoms with E-state index in [0.29, 0.717) is 0 Å². The molecule has 94 valence electrons. The standard InChI is InChI=1S/C14H16ClN3/c1-2-5-16-7-11-3-4-13(14(15)6-11)12-8-17-10-18-9-12/h3-4,6,8-10,16H,2,5,7H2,1H3. The molecular formula is C14H16ClN3. The summed E-state index contributed by atoms with van der Waals surface area (Å²) in [6.45, 7) is 4.02. The zero-order valence-electron chi connectivity index (χ0n) is 10.4. The van der Waals surface area contributed by atoms with E-state index < -0.39 is 0 Å². The first-order valence-electron chi connectivity index (χ1n) is 6.05. The predicted molar refractivity (Wildman–Crippen MR) is 74.5 cm³/mol. The fourth-order valence-electron chi connectivity index (χ4n) is 1.75. The summed E-state index contributed by atoms with van der Waals surface area (Å²) in [5.41, 5.74) is 3.10.